The highest BCUT2D eigenvalue weighted by Crippen LogP contribution is 2.11. The first-order valence-electron chi connectivity index (χ1n) is 4.00. The molecule has 2 heterocycles. The van der Waals surface area contributed by atoms with Gasteiger partial charge in [0, 0.05) is 11.9 Å². The standard InChI is InChI=1S/C9H9N3O/c13-6-10-5-7-4-9-8(12-7)2-1-3-11-9/h1-4,6,12H,5H2,(H,10,13). The largest absolute Gasteiger partial charge is 0.356 e. The molecule has 4 heteroatoms. The number of carbonyl (C=O) groups is 1. The maximum atomic E-state index is 10.1. The SMILES string of the molecule is O=CNCc1cc2ncccc2[nH]1. The molecular formula is C9H9N3O. The van der Waals surface area contributed by atoms with Crippen molar-refractivity contribution in [3.8, 4) is 0 Å². The zero-order chi connectivity index (χ0) is 9.10. The van der Waals surface area contributed by atoms with Crippen LogP contribution < -0.4 is 5.32 Å². The Morgan fingerprint density at radius 3 is 3.31 bits per heavy atom. The molecule has 0 aliphatic carbocycles. The molecule has 0 fully saturated rings. The number of carbonyl (C=O) groups excluding carboxylic acids is 1. The van der Waals surface area contributed by atoms with Gasteiger partial charge in [0.2, 0.25) is 6.41 Å². The fraction of sp³-hybridized carbons (Fsp3) is 0.111. The molecule has 2 aromatic heterocycles. The first-order chi connectivity index (χ1) is 6.40. The number of hydrogen-bond donors (Lipinski definition) is 2. The van der Waals surface area contributed by atoms with Crippen LogP contribution in [0.5, 0.6) is 0 Å². The van der Waals surface area contributed by atoms with Gasteiger partial charge in [0.15, 0.2) is 0 Å². The number of nitrogens with one attached hydrogen (secondary N) is 2. The molecule has 0 spiro atoms. The summed E-state index contributed by atoms with van der Waals surface area (Å²) in [6, 6.07) is 5.74. The van der Waals surface area contributed by atoms with Gasteiger partial charge in [-0.05, 0) is 18.2 Å². The quantitative estimate of drug-likeness (QED) is 0.678. The molecule has 2 rings (SSSR count). The molecule has 4 nitrogen and oxygen atoms in total. The maximum absolute atomic E-state index is 10.1. The average molecular weight is 175 g/mol. The monoisotopic (exact) mass is 175 g/mol. The molecule has 66 valence electrons. The third-order valence-electron chi connectivity index (χ3n) is 1.82. The highest BCUT2D eigenvalue weighted by molar-refractivity contribution is 5.75. The maximum Gasteiger partial charge on any atom is 0.207 e. The lowest BCUT2D eigenvalue weighted by Gasteiger charge is -1.92. The van der Waals surface area contributed by atoms with Crippen molar-refractivity contribution in [3.05, 3.63) is 30.1 Å². The van der Waals surface area contributed by atoms with E-state index < -0.39 is 0 Å². The van der Waals surface area contributed by atoms with Crippen molar-refractivity contribution in [3.63, 3.8) is 0 Å². The van der Waals surface area contributed by atoms with Gasteiger partial charge in [-0.1, -0.05) is 0 Å². The molecule has 0 aliphatic heterocycles. The number of amides is 1. The Morgan fingerprint density at radius 2 is 2.54 bits per heavy atom. The lowest BCUT2D eigenvalue weighted by Crippen LogP contribution is -2.09. The molecule has 1 amide bonds. The van der Waals surface area contributed by atoms with Crippen LogP contribution in [0.15, 0.2) is 24.4 Å². The van der Waals surface area contributed by atoms with E-state index >= 15 is 0 Å². The number of nitrogens with zero attached hydrogens (tertiary/aromatic N) is 1. The minimum atomic E-state index is 0.514. The topological polar surface area (TPSA) is 57.8 Å². The number of hydrogen-bond acceptors (Lipinski definition) is 2. The average Bonchev–Trinajstić information content (AvgIpc) is 2.57. The van der Waals surface area contributed by atoms with Gasteiger partial charge < -0.3 is 10.3 Å². The second-order valence-corrected chi connectivity index (χ2v) is 2.73. The van der Waals surface area contributed by atoms with E-state index in [1.807, 2.05) is 18.2 Å². The minimum absolute atomic E-state index is 0.514. The van der Waals surface area contributed by atoms with Crippen molar-refractivity contribution in [1.29, 1.82) is 0 Å². The minimum Gasteiger partial charge on any atom is -0.356 e. The molecule has 0 saturated carbocycles. The van der Waals surface area contributed by atoms with Gasteiger partial charge in [-0.15, -0.1) is 0 Å². The van der Waals surface area contributed by atoms with Crippen molar-refractivity contribution in [2.75, 3.05) is 0 Å². The predicted octanol–water partition coefficient (Wildman–Crippen LogP) is 0.809. The van der Waals surface area contributed by atoms with Crippen molar-refractivity contribution >= 4 is 17.4 Å². The van der Waals surface area contributed by atoms with E-state index in [1.165, 1.54) is 0 Å². The van der Waals surface area contributed by atoms with Crippen LogP contribution in [-0.4, -0.2) is 16.4 Å². The van der Waals surface area contributed by atoms with Gasteiger partial charge in [0.05, 0.1) is 17.6 Å². The summed E-state index contributed by atoms with van der Waals surface area (Å²) in [5, 5.41) is 2.59. The summed E-state index contributed by atoms with van der Waals surface area (Å²) in [4.78, 5) is 17.4. The van der Waals surface area contributed by atoms with E-state index in [2.05, 4.69) is 15.3 Å². The second kappa shape index (κ2) is 3.26. The summed E-state index contributed by atoms with van der Waals surface area (Å²) in [7, 11) is 0. The number of rotatable bonds is 3. The van der Waals surface area contributed by atoms with E-state index in [0.717, 1.165) is 16.7 Å². The molecule has 0 bridgehead atoms. The Hall–Kier alpha value is -1.84. The molecule has 0 saturated heterocycles. The van der Waals surface area contributed by atoms with E-state index in [4.69, 9.17) is 0 Å². The highest BCUT2D eigenvalue weighted by Gasteiger charge is 1.98. The number of aromatic amines is 1. The van der Waals surface area contributed by atoms with Gasteiger partial charge >= 0.3 is 0 Å². The normalized spacial score (nSPS) is 10.2. The molecular weight excluding hydrogens is 166 g/mol. The Morgan fingerprint density at radius 1 is 1.62 bits per heavy atom. The summed E-state index contributed by atoms with van der Waals surface area (Å²) in [6.07, 6.45) is 2.42. The van der Waals surface area contributed by atoms with Crippen LogP contribution in [0, 0.1) is 0 Å². The van der Waals surface area contributed by atoms with Gasteiger partial charge in [-0.2, -0.15) is 0 Å². The lowest BCUT2D eigenvalue weighted by molar-refractivity contribution is -0.109. The molecule has 2 N–H and O–H groups in total. The molecule has 13 heavy (non-hydrogen) atoms. The first-order valence-corrected chi connectivity index (χ1v) is 4.00. The van der Waals surface area contributed by atoms with Crippen LogP contribution in [0.1, 0.15) is 5.69 Å². The second-order valence-electron chi connectivity index (χ2n) is 2.73. The van der Waals surface area contributed by atoms with Crippen molar-refractivity contribution < 1.29 is 4.79 Å². The van der Waals surface area contributed by atoms with Crippen molar-refractivity contribution in [1.82, 2.24) is 15.3 Å². The summed E-state index contributed by atoms with van der Waals surface area (Å²) in [5.74, 6) is 0. The third-order valence-corrected chi connectivity index (χ3v) is 1.82. The first kappa shape index (κ1) is 7.79. The van der Waals surface area contributed by atoms with E-state index in [-0.39, 0.29) is 0 Å². The third kappa shape index (κ3) is 1.51. The summed E-state index contributed by atoms with van der Waals surface area (Å²) < 4.78 is 0. The Labute approximate surface area is 75.0 Å². The molecule has 0 aromatic carbocycles. The predicted molar refractivity (Wildman–Crippen MR) is 49.0 cm³/mol. The van der Waals surface area contributed by atoms with Crippen LogP contribution in [-0.2, 0) is 11.3 Å². The number of pyridine rings is 1. The van der Waals surface area contributed by atoms with Crippen molar-refractivity contribution in [2.24, 2.45) is 0 Å². The summed E-state index contributed by atoms with van der Waals surface area (Å²) in [6.45, 7) is 0.514. The van der Waals surface area contributed by atoms with Gasteiger partial charge in [0.25, 0.3) is 0 Å². The summed E-state index contributed by atoms with van der Waals surface area (Å²) >= 11 is 0. The molecule has 2 aromatic rings. The molecule has 0 radical (unpaired) electrons. The van der Waals surface area contributed by atoms with Gasteiger partial charge in [-0.3, -0.25) is 9.78 Å². The smallest absolute Gasteiger partial charge is 0.207 e. The van der Waals surface area contributed by atoms with Crippen LogP contribution in [0.4, 0.5) is 0 Å². The lowest BCUT2D eigenvalue weighted by atomic mass is 10.4. The summed E-state index contributed by atoms with van der Waals surface area (Å²) in [5.41, 5.74) is 2.87. The zero-order valence-electron chi connectivity index (χ0n) is 6.95. The van der Waals surface area contributed by atoms with E-state index in [9.17, 15) is 4.79 Å². The van der Waals surface area contributed by atoms with Gasteiger partial charge in [0.1, 0.15) is 0 Å². The Kier molecular flexibility index (Phi) is 1.96. The zero-order valence-corrected chi connectivity index (χ0v) is 6.95. The van der Waals surface area contributed by atoms with E-state index in [0.29, 0.717) is 13.0 Å². The van der Waals surface area contributed by atoms with Crippen LogP contribution in [0.3, 0.4) is 0 Å². The van der Waals surface area contributed by atoms with Gasteiger partial charge in [-0.25, -0.2) is 0 Å². The Balaban J connectivity index is 2.32. The number of H-pyrrole nitrogens is 1. The molecule has 0 unspecified atom stereocenters. The molecule has 0 aliphatic rings. The van der Waals surface area contributed by atoms with Crippen molar-refractivity contribution in [2.45, 2.75) is 6.54 Å². The fourth-order valence-corrected chi connectivity index (χ4v) is 1.26. The van der Waals surface area contributed by atoms with E-state index in [1.54, 1.807) is 6.20 Å². The molecule has 0 atom stereocenters. The van der Waals surface area contributed by atoms with Crippen LogP contribution in [0.25, 0.3) is 11.0 Å². The highest BCUT2D eigenvalue weighted by atomic mass is 16.1. The van der Waals surface area contributed by atoms with Crippen LogP contribution >= 0.6 is 0 Å². The number of fused-ring (bicyclic) bond motifs is 1. The van der Waals surface area contributed by atoms with Crippen LogP contribution in [0.2, 0.25) is 0 Å². The fourth-order valence-electron chi connectivity index (χ4n) is 1.26. The number of aromatic nitrogens is 2. The Bertz CT molecular complexity index is 388.